The number of rotatable bonds is 6. The summed E-state index contributed by atoms with van der Waals surface area (Å²) in [6.45, 7) is 11.1. The van der Waals surface area contributed by atoms with E-state index in [9.17, 15) is 0 Å². The van der Waals surface area contributed by atoms with Crippen molar-refractivity contribution in [3.8, 4) is 0 Å². The first kappa shape index (κ1) is 13.2. The lowest BCUT2D eigenvalue weighted by atomic mass is 10.1. The third-order valence-electron chi connectivity index (χ3n) is 2.81. The molecule has 0 fully saturated rings. The number of hydroxylamine groups is 3. The van der Waals surface area contributed by atoms with Crippen LogP contribution >= 0.6 is 0 Å². The van der Waals surface area contributed by atoms with Crippen LogP contribution in [0.25, 0.3) is 0 Å². The Balaban J connectivity index is 2.78. The Morgan fingerprint density at radius 1 is 1.25 bits per heavy atom. The maximum Gasteiger partial charge on any atom is 0.134 e. The molecule has 89 valence electrons. The highest BCUT2D eigenvalue weighted by atomic mass is 16.7. The summed E-state index contributed by atoms with van der Waals surface area (Å²) in [7, 11) is 1.77. The van der Waals surface area contributed by atoms with Gasteiger partial charge >= 0.3 is 0 Å². The molecule has 0 aliphatic carbocycles. The molecule has 0 aliphatic heterocycles. The molecule has 0 aliphatic rings. The summed E-state index contributed by atoms with van der Waals surface area (Å²) in [5.41, 5.74) is 1.30. The van der Waals surface area contributed by atoms with Gasteiger partial charge in [-0.3, -0.25) is 0 Å². The van der Waals surface area contributed by atoms with Gasteiger partial charge in [-0.25, -0.2) is 4.84 Å². The molecule has 1 aromatic rings. The Labute approximate surface area is 99.4 Å². The fourth-order valence-electron chi connectivity index (χ4n) is 2.05. The maximum absolute atomic E-state index is 5.68. The molecule has 1 atom stereocenters. The molecule has 0 saturated heterocycles. The highest BCUT2D eigenvalue weighted by molar-refractivity contribution is 5.13. The molecule has 0 aromatic heterocycles. The van der Waals surface area contributed by atoms with E-state index < -0.39 is 0 Å². The van der Waals surface area contributed by atoms with Crippen LogP contribution in [-0.2, 0) is 11.4 Å². The summed E-state index contributed by atoms with van der Waals surface area (Å²) in [6.07, 6.45) is 0. The van der Waals surface area contributed by atoms with Gasteiger partial charge in [0.15, 0.2) is 0 Å². The fraction of sp³-hybridized carbons (Fsp3) is 0.500. The first-order valence-corrected chi connectivity index (χ1v) is 5.87. The molecule has 0 heterocycles. The monoisotopic (exact) mass is 221 g/mol. The van der Waals surface area contributed by atoms with E-state index in [1.165, 1.54) is 5.56 Å². The Morgan fingerprint density at radius 2 is 1.88 bits per heavy atom. The van der Waals surface area contributed by atoms with Gasteiger partial charge in [0.1, 0.15) is 19.6 Å². The van der Waals surface area contributed by atoms with E-state index in [1.807, 2.05) is 6.07 Å². The van der Waals surface area contributed by atoms with Gasteiger partial charge in [-0.15, -0.1) is 0 Å². The summed E-state index contributed by atoms with van der Waals surface area (Å²) >= 11 is 0. The van der Waals surface area contributed by atoms with Crippen molar-refractivity contribution in [3.63, 3.8) is 0 Å². The van der Waals surface area contributed by atoms with Crippen LogP contribution in [0.4, 0.5) is 0 Å². The molecular formula is C14H23NO+. The quantitative estimate of drug-likeness (QED) is 0.530. The van der Waals surface area contributed by atoms with Crippen molar-refractivity contribution < 1.29 is 9.48 Å². The smallest absolute Gasteiger partial charge is 0.134 e. The molecule has 0 amide bonds. The van der Waals surface area contributed by atoms with Gasteiger partial charge in [0.2, 0.25) is 0 Å². The van der Waals surface area contributed by atoms with Crippen molar-refractivity contribution in [2.75, 3.05) is 20.2 Å². The highest BCUT2D eigenvalue weighted by Gasteiger charge is 2.27. The number of quaternary nitrogens is 1. The molecule has 0 saturated carbocycles. The Bertz CT molecular complexity index is 291. The van der Waals surface area contributed by atoms with Crippen LogP contribution < -0.4 is 0 Å². The lowest BCUT2D eigenvalue weighted by Gasteiger charge is -2.34. The minimum atomic E-state index is 0.599. The van der Waals surface area contributed by atoms with Crippen LogP contribution in [0.5, 0.6) is 0 Å². The topological polar surface area (TPSA) is 9.23 Å². The van der Waals surface area contributed by atoms with Crippen molar-refractivity contribution in [1.82, 2.24) is 0 Å². The fourth-order valence-corrected chi connectivity index (χ4v) is 2.05. The minimum absolute atomic E-state index is 0.599. The molecule has 1 radical (unpaired) electrons. The zero-order valence-electron chi connectivity index (χ0n) is 10.6. The predicted octanol–water partition coefficient (Wildman–Crippen LogP) is 3.05. The van der Waals surface area contributed by atoms with Crippen molar-refractivity contribution in [2.45, 2.75) is 20.4 Å². The Morgan fingerprint density at radius 3 is 2.31 bits per heavy atom. The van der Waals surface area contributed by atoms with Crippen molar-refractivity contribution in [2.24, 2.45) is 5.92 Å². The van der Waals surface area contributed by atoms with Crippen molar-refractivity contribution in [3.05, 3.63) is 42.8 Å². The highest BCUT2D eigenvalue weighted by Crippen LogP contribution is 2.17. The minimum Gasteiger partial charge on any atom is -0.206 e. The van der Waals surface area contributed by atoms with Gasteiger partial charge < -0.3 is 0 Å². The molecule has 1 aromatic carbocycles. The van der Waals surface area contributed by atoms with E-state index in [1.54, 1.807) is 7.11 Å². The molecule has 0 N–H and O–H groups in total. The third kappa shape index (κ3) is 3.62. The average molecular weight is 221 g/mol. The van der Waals surface area contributed by atoms with Crippen molar-refractivity contribution in [1.29, 1.82) is 0 Å². The molecule has 0 bridgehead atoms. The second-order valence-corrected chi connectivity index (χ2v) is 4.68. The molecule has 2 heteroatoms. The zero-order valence-corrected chi connectivity index (χ0v) is 10.6. The number of benzene rings is 1. The first-order chi connectivity index (χ1) is 7.62. The second kappa shape index (κ2) is 6.02. The van der Waals surface area contributed by atoms with Crippen LogP contribution in [0, 0.1) is 12.8 Å². The summed E-state index contributed by atoms with van der Waals surface area (Å²) in [4.78, 5) is 5.68. The molecule has 1 unspecified atom stereocenters. The van der Waals surface area contributed by atoms with Crippen molar-refractivity contribution >= 4 is 0 Å². The van der Waals surface area contributed by atoms with Crippen LogP contribution in [0.15, 0.2) is 30.3 Å². The van der Waals surface area contributed by atoms with Gasteiger partial charge in [-0.05, 0) is 0 Å². The molecule has 0 spiro atoms. The van der Waals surface area contributed by atoms with Gasteiger partial charge in [-0.2, -0.15) is 4.65 Å². The van der Waals surface area contributed by atoms with Crippen LogP contribution in [0.2, 0.25) is 0 Å². The predicted molar refractivity (Wildman–Crippen MR) is 67.3 cm³/mol. The van der Waals surface area contributed by atoms with Gasteiger partial charge in [0, 0.05) is 18.4 Å². The lowest BCUT2D eigenvalue weighted by Crippen LogP contribution is -2.48. The van der Waals surface area contributed by atoms with Crippen LogP contribution in [-0.4, -0.2) is 24.8 Å². The maximum atomic E-state index is 5.68. The van der Waals surface area contributed by atoms with Gasteiger partial charge in [0.05, 0.1) is 7.11 Å². The number of hydrogen-bond acceptors (Lipinski definition) is 1. The SMILES string of the molecule is [CH2]C[N+](Cc1ccccc1)(CC(C)C)OC. The summed E-state index contributed by atoms with van der Waals surface area (Å²) in [5, 5.41) is 0. The average Bonchev–Trinajstić information content (AvgIpc) is 2.29. The molecular weight excluding hydrogens is 198 g/mol. The Hall–Kier alpha value is -0.860. The molecule has 16 heavy (non-hydrogen) atoms. The molecule has 1 rings (SSSR count). The van der Waals surface area contributed by atoms with E-state index >= 15 is 0 Å². The summed E-state index contributed by atoms with van der Waals surface area (Å²) in [5.74, 6) is 0.602. The first-order valence-electron chi connectivity index (χ1n) is 5.87. The lowest BCUT2D eigenvalue weighted by molar-refractivity contribution is -1.11. The third-order valence-corrected chi connectivity index (χ3v) is 2.81. The molecule has 2 nitrogen and oxygen atoms in total. The van der Waals surface area contributed by atoms with Crippen LogP contribution in [0.3, 0.4) is 0 Å². The van der Waals surface area contributed by atoms with E-state index in [2.05, 4.69) is 45.0 Å². The van der Waals surface area contributed by atoms with Gasteiger partial charge in [-0.1, -0.05) is 44.2 Å². The summed E-state index contributed by atoms with van der Waals surface area (Å²) < 4.78 is 0.599. The van der Waals surface area contributed by atoms with E-state index in [0.29, 0.717) is 10.6 Å². The normalized spacial score (nSPS) is 15.1. The zero-order chi connectivity index (χ0) is 12.0. The second-order valence-electron chi connectivity index (χ2n) is 4.68. The number of nitrogens with zero attached hydrogens (tertiary/aromatic N) is 1. The number of hydrogen-bond donors (Lipinski definition) is 0. The Kier molecular flexibility index (Phi) is 4.97. The van der Waals surface area contributed by atoms with E-state index in [-0.39, 0.29) is 0 Å². The van der Waals surface area contributed by atoms with E-state index in [4.69, 9.17) is 4.84 Å². The summed E-state index contributed by atoms with van der Waals surface area (Å²) in [6, 6.07) is 10.5. The standard InChI is InChI=1S/C14H23NO/c1-5-15(16-4,11-13(2)3)12-14-9-7-6-8-10-14/h6-10,13H,1,5,11-12H2,2-4H3/q+1. The van der Waals surface area contributed by atoms with Gasteiger partial charge in [0.25, 0.3) is 0 Å². The largest absolute Gasteiger partial charge is 0.206 e. The van der Waals surface area contributed by atoms with E-state index in [0.717, 1.165) is 19.6 Å². The van der Waals surface area contributed by atoms with Crippen LogP contribution in [0.1, 0.15) is 19.4 Å².